The second kappa shape index (κ2) is 7.47. The summed E-state index contributed by atoms with van der Waals surface area (Å²) in [5, 5.41) is 15.6. The third kappa shape index (κ3) is 3.17. The zero-order valence-corrected chi connectivity index (χ0v) is 19.4. The van der Waals surface area contributed by atoms with Gasteiger partial charge in [-0.15, -0.1) is 11.8 Å². The van der Waals surface area contributed by atoms with Gasteiger partial charge in [0, 0.05) is 22.7 Å². The van der Waals surface area contributed by atoms with Crippen molar-refractivity contribution in [2.75, 3.05) is 13.7 Å². The Morgan fingerprint density at radius 3 is 2.54 bits per heavy atom. The number of nitrogens with zero attached hydrogens (tertiary/aromatic N) is 1. The fourth-order valence-corrected chi connectivity index (χ4v) is 8.68. The summed E-state index contributed by atoms with van der Waals surface area (Å²) in [4.78, 5) is 41.3. The Kier molecular flexibility index (Phi) is 5.84. The first-order valence-electron chi connectivity index (χ1n) is 9.81. The number of aliphatic hydroxyl groups excluding tert-OH is 1. The number of hydrogen-bond donors (Lipinski definition) is 3. The molecule has 3 heterocycles. The fourth-order valence-electron chi connectivity index (χ4n) is 5.08. The Morgan fingerprint density at radius 1 is 1.39 bits per heavy atom. The maximum Gasteiger partial charge on any atom is 0.244 e. The Balaban J connectivity index is 2.10. The number of carbonyl (C=O) groups excluding carboxylic acids is 3. The molecule has 3 unspecified atom stereocenters. The van der Waals surface area contributed by atoms with Crippen LogP contribution >= 0.6 is 27.7 Å². The molecule has 7 atom stereocenters. The number of alkyl halides is 1. The highest BCUT2D eigenvalue weighted by Gasteiger charge is 2.76. The molecule has 28 heavy (non-hydrogen) atoms. The molecule has 0 aromatic carbocycles. The van der Waals surface area contributed by atoms with Gasteiger partial charge in [-0.05, 0) is 33.6 Å². The number of fused-ring (bicyclic) bond motifs is 1. The first-order valence-corrected chi connectivity index (χ1v) is 11.6. The highest BCUT2D eigenvalue weighted by Crippen LogP contribution is 2.67. The molecule has 3 rings (SSSR count). The number of nitrogens with one attached hydrogen (secondary N) is 2. The first-order chi connectivity index (χ1) is 13.0. The van der Waals surface area contributed by atoms with E-state index >= 15 is 0 Å². The van der Waals surface area contributed by atoms with Crippen LogP contribution in [0.2, 0.25) is 0 Å². The average molecular weight is 476 g/mol. The third-order valence-electron chi connectivity index (χ3n) is 6.10. The molecular formula is C19H30BrN3O4S. The molecule has 0 radical (unpaired) electrons. The van der Waals surface area contributed by atoms with E-state index < -0.39 is 34.2 Å². The van der Waals surface area contributed by atoms with Crippen LogP contribution in [-0.4, -0.2) is 73.8 Å². The molecule has 0 aromatic rings. The van der Waals surface area contributed by atoms with Gasteiger partial charge in [0.2, 0.25) is 17.7 Å². The Bertz CT molecular complexity index is 681. The van der Waals surface area contributed by atoms with Gasteiger partial charge in [0.25, 0.3) is 0 Å². The lowest BCUT2D eigenvalue weighted by Crippen LogP contribution is -2.59. The summed E-state index contributed by atoms with van der Waals surface area (Å²) in [6.45, 7) is 7.41. The molecule has 2 bridgehead atoms. The van der Waals surface area contributed by atoms with Gasteiger partial charge in [-0.25, -0.2) is 0 Å². The van der Waals surface area contributed by atoms with E-state index in [-0.39, 0.29) is 34.4 Å². The monoisotopic (exact) mass is 475 g/mol. The van der Waals surface area contributed by atoms with Crippen LogP contribution in [-0.2, 0) is 14.4 Å². The number of aliphatic hydroxyl groups is 1. The summed E-state index contributed by atoms with van der Waals surface area (Å²) in [6, 6.07) is -1.15. The van der Waals surface area contributed by atoms with Crippen LogP contribution < -0.4 is 10.6 Å². The minimum atomic E-state index is -0.703. The van der Waals surface area contributed by atoms with E-state index in [1.165, 1.54) is 0 Å². The normalized spacial score (nSPS) is 37.8. The van der Waals surface area contributed by atoms with E-state index in [1.807, 2.05) is 27.7 Å². The summed E-state index contributed by atoms with van der Waals surface area (Å²) in [5.41, 5.74) is -0.448. The van der Waals surface area contributed by atoms with Crippen molar-refractivity contribution in [3.63, 3.8) is 0 Å². The molecule has 7 nitrogen and oxygen atoms in total. The molecule has 3 aliphatic heterocycles. The Morgan fingerprint density at radius 2 is 2.04 bits per heavy atom. The maximum absolute atomic E-state index is 13.6. The van der Waals surface area contributed by atoms with Crippen molar-refractivity contribution in [3.8, 4) is 0 Å². The van der Waals surface area contributed by atoms with Crippen LogP contribution in [0.25, 0.3) is 0 Å². The van der Waals surface area contributed by atoms with E-state index in [0.29, 0.717) is 12.8 Å². The smallest absolute Gasteiger partial charge is 0.244 e. The van der Waals surface area contributed by atoms with Gasteiger partial charge in [0.05, 0.1) is 29.2 Å². The SMILES string of the molecule is CC[C@@H](CO)N1C(=O)[C@@H]2[C@@H](C(=O)NC)[C@@H]3SC2(CC3Br)C1C(=O)NC(C)(C)C. The van der Waals surface area contributed by atoms with Crippen molar-refractivity contribution in [1.82, 2.24) is 15.5 Å². The van der Waals surface area contributed by atoms with Crippen molar-refractivity contribution < 1.29 is 19.5 Å². The molecule has 9 heteroatoms. The lowest BCUT2D eigenvalue weighted by Gasteiger charge is -2.38. The van der Waals surface area contributed by atoms with E-state index in [0.717, 1.165) is 0 Å². The van der Waals surface area contributed by atoms with Crippen LogP contribution in [0.3, 0.4) is 0 Å². The van der Waals surface area contributed by atoms with Crippen LogP contribution in [0, 0.1) is 11.8 Å². The zero-order chi connectivity index (χ0) is 21.0. The van der Waals surface area contributed by atoms with Crippen LogP contribution in [0.1, 0.15) is 40.5 Å². The minimum Gasteiger partial charge on any atom is -0.394 e. The summed E-state index contributed by atoms with van der Waals surface area (Å²) in [5.74, 6) is -1.58. The third-order valence-corrected chi connectivity index (χ3v) is 9.32. The summed E-state index contributed by atoms with van der Waals surface area (Å²) in [7, 11) is 1.58. The molecular weight excluding hydrogens is 446 g/mol. The fraction of sp³-hybridized carbons (Fsp3) is 0.842. The highest BCUT2D eigenvalue weighted by atomic mass is 79.9. The Labute approximate surface area is 178 Å². The second-order valence-corrected chi connectivity index (χ2v) is 11.7. The van der Waals surface area contributed by atoms with Gasteiger partial charge in [-0.2, -0.15) is 0 Å². The van der Waals surface area contributed by atoms with Crippen molar-refractivity contribution in [1.29, 1.82) is 0 Å². The van der Waals surface area contributed by atoms with Crippen molar-refractivity contribution in [2.24, 2.45) is 11.8 Å². The quantitative estimate of drug-likeness (QED) is 0.512. The average Bonchev–Trinajstić information content (AvgIpc) is 3.18. The number of likely N-dealkylation sites (tertiary alicyclic amines) is 1. The molecule has 0 aliphatic carbocycles. The van der Waals surface area contributed by atoms with E-state index in [9.17, 15) is 19.5 Å². The van der Waals surface area contributed by atoms with E-state index in [1.54, 1.807) is 23.7 Å². The van der Waals surface area contributed by atoms with Crippen molar-refractivity contribution >= 4 is 45.4 Å². The van der Waals surface area contributed by atoms with Crippen molar-refractivity contribution in [3.05, 3.63) is 0 Å². The molecule has 0 aromatic heterocycles. The second-order valence-electron chi connectivity index (χ2n) is 9.01. The van der Waals surface area contributed by atoms with Crippen molar-refractivity contribution in [2.45, 2.75) is 73.0 Å². The number of amides is 3. The molecule has 0 saturated carbocycles. The molecule has 3 saturated heterocycles. The number of hydrogen-bond acceptors (Lipinski definition) is 5. The van der Waals surface area contributed by atoms with Gasteiger partial charge in [-0.1, -0.05) is 22.9 Å². The molecule has 3 fully saturated rings. The summed E-state index contributed by atoms with van der Waals surface area (Å²) >= 11 is 5.31. The number of rotatable bonds is 5. The summed E-state index contributed by atoms with van der Waals surface area (Å²) < 4.78 is -0.662. The summed E-state index contributed by atoms with van der Waals surface area (Å²) in [6.07, 6.45) is 1.19. The van der Waals surface area contributed by atoms with E-state index in [2.05, 4.69) is 26.6 Å². The molecule has 1 spiro atoms. The van der Waals surface area contributed by atoms with E-state index in [4.69, 9.17) is 0 Å². The Hall–Kier alpha value is -0.800. The largest absolute Gasteiger partial charge is 0.394 e. The topological polar surface area (TPSA) is 98.7 Å². The van der Waals surface area contributed by atoms with Crippen LogP contribution in [0.15, 0.2) is 0 Å². The van der Waals surface area contributed by atoms with Gasteiger partial charge >= 0.3 is 0 Å². The van der Waals surface area contributed by atoms with Crippen LogP contribution in [0.4, 0.5) is 0 Å². The number of thioether (sulfide) groups is 1. The first kappa shape index (κ1) is 21.9. The molecule has 3 amide bonds. The number of carbonyl (C=O) groups is 3. The van der Waals surface area contributed by atoms with Gasteiger partial charge < -0.3 is 20.6 Å². The predicted octanol–water partition coefficient (Wildman–Crippen LogP) is 0.883. The van der Waals surface area contributed by atoms with Gasteiger partial charge in [-0.3, -0.25) is 14.4 Å². The molecule has 3 N–H and O–H groups in total. The van der Waals surface area contributed by atoms with Gasteiger partial charge in [0.1, 0.15) is 6.04 Å². The van der Waals surface area contributed by atoms with Gasteiger partial charge in [0.15, 0.2) is 0 Å². The maximum atomic E-state index is 13.6. The molecule has 158 valence electrons. The highest BCUT2D eigenvalue weighted by molar-refractivity contribution is 9.09. The lowest BCUT2D eigenvalue weighted by molar-refractivity contribution is -0.143. The minimum absolute atomic E-state index is 0.0461. The lowest BCUT2D eigenvalue weighted by atomic mass is 9.70. The standard InChI is InChI=1S/C19H30BrN3O4S/c1-6-9(8-24)23-14(16(26)22-18(2,3)4)19-7-10(20)13(28-19)11(15(25)21-5)12(19)17(23)27/h9-14,24H,6-8H2,1-5H3,(H,21,25)(H,22,26)/t9-,10?,11+,12-,13+,14?,19?/m0/s1. The molecule has 3 aliphatic rings. The van der Waals surface area contributed by atoms with Crippen LogP contribution in [0.5, 0.6) is 0 Å². The predicted molar refractivity (Wildman–Crippen MR) is 112 cm³/mol. The zero-order valence-electron chi connectivity index (χ0n) is 17.0. The number of halogens is 1.